The molecule has 1 aromatic carbocycles. The third-order valence-corrected chi connectivity index (χ3v) is 1.68. The SMILES string of the molecule is [C-]#[N+]c1oc(O)c2ccccc12. The maximum atomic E-state index is 9.21. The zero-order chi connectivity index (χ0) is 8.55. The molecule has 2 aromatic rings. The van der Waals surface area contributed by atoms with E-state index >= 15 is 0 Å². The molecule has 1 N–H and O–H groups in total. The topological polar surface area (TPSA) is 37.7 Å². The van der Waals surface area contributed by atoms with Crippen molar-refractivity contribution in [3.05, 3.63) is 35.7 Å². The second-order valence-electron chi connectivity index (χ2n) is 2.37. The van der Waals surface area contributed by atoms with Crippen LogP contribution in [0.25, 0.3) is 15.6 Å². The van der Waals surface area contributed by atoms with Crippen molar-refractivity contribution in [3.8, 4) is 5.95 Å². The van der Waals surface area contributed by atoms with E-state index in [9.17, 15) is 5.11 Å². The van der Waals surface area contributed by atoms with Crippen LogP contribution < -0.4 is 0 Å². The minimum Gasteiger partial charge on any atom is -0.481 e. The summed E-state index contributed by atoms with van der Waals surface area (Å²) in [6.07, 6.45) is 0. The number of fused-ring (bicyclic) bond motifs is 1. The lowest BCUT2D eigenvalue weighted by molar-refractivity contribution is 0.346. The summed E-state index contributed by atoms with van der Waals surface area (Å²) >= 11 is 0. The molecule has 3 nitrogen and oxygen atoms in total. The monoisotopic (exact) mass is 159 g/mol. The van der Waals surface area contributed by atoms with Crippen LogP contribution in [0.4, 0.5) is 5.88 Å². The molecule has 2 rings (SSSR count). The molecular formula is C9H5NO2. The Bertz CT molecular complexity index is 465. The van der Waals surface area contributed by atoms with Crippen molar-refractivity contribution in [1.82, 2.24) is 0 Å². The van der Waals surface area contributed by atoms with E-state index in [1.807, 2.05) is 0 Å². The Hall–Kier alpha value is -1.95. The number of benzene rings is 1. The molecule has 0 saturated heterocycles. The highest BCUT2D eigenvalue weighted by Gasteiger charge is 2.09. The van der Waals surface area contributed by atoms with Gasteiger partial charge in [-0.3, -0.25) is 0 Å². The summed E-state index contributed by atoms with van der Waals surface area (Å²) in [5.74, 6) is -0.0419. The molecule has 0 aliphatic heterocycles. The molecule has 0 atom stereocenters. The van der Waals surface area contributed by atoms with E-state index in [1.54, 1.807) is 24.3 Å². The van der Waals surface area contributed by atoms with Crippen molar-refractivity contribution in [2.75, 3.05) is 0 Å². The fourth-order valence-corrected chi connectivity index (χ4v) is 1.14. The summed E-state index contributed by atoms with van der Waals surface area (Å²) in [7, 11) is 0. The van der Waals surface area contributed by atoms with Gasteiger partial charge in [0, 0.05) is 5.39 Å². The Balaban J connectivity index is 2.94. The lowest BCUT2D eigenvalue weighted by atomic mass is 10.2. The van der Waals surface area contributed by atoms with E-state index < -0.39 is 0 Å². The molecule has 0 aliphatic rings. The molecule has 12 heavy (non-hydrogen) atoms. The maximum absolute atomic E-state index is 9.21. The first-order chi connectivity index (χ1) is 5.83. The minimum absolute atomic E-state index is 0.142. The van der Waals surface area contributed by atoms with Crippen molar-refractivity contribution >= 4 is 16.7 Å². The van der Waals surface area contributed by atoms with Gasteiger partial charge < -0.3 is 9.52 Å². The lowest BCUT2D eigenvalue weighted by Crippen LogP contribution is -1.61. The highest BCUT2D eigenvalue weighted by molar-refractivity contribution is 5.95. The van der Waals surface area contributed by atoms with Crippen molar-refractivity contribution in [3.63, 3.8) is 0 Å². The van der Waals surface area contributed by atoms with E-state index in [0.29, 0.717) is 10.8 Å². The maximum Gasteiger partial charge on any atom is 0.356 e. The number of hydrogen-bond donors (Lipinski definition) is 1. The van der Waals surface area contributed by atoms with Crippen molar-refractivity contribution in [1.29, 1.82) is 0 Å². The van der Waals surface area contributed by atoms with Gasteiger partial charge in [0.25, 0.3) is 5.95 Å². The fourth-order valence-electron chi connectivity index (χ4n) is 1.14. The van der Waals surface area contributed by atoms with E-state index in [0.717, 1.165) is 0 Å². The van der Waals surface area contributed by atoms with Gasteiger partial charge in [-0.2, -0.15) is 4.85 Å². The van der Waals surface area contributed by atoms with E-state index in [4.69, 9.17) is 11.0 Å². The molecule has 0 saturated carbocycles. The Morgan fingerprint density at radius 1 is 1.25 bits per heavy atom. The molecule has 0 bridgehead atoms. The van der Waals surface area contributed by atoms with Gasteiger partial charge in [-0.25, -0.2) is 0 Å². The molecule has 1 heterocycles. The molecule has 0 amide bonds. The normalized spacial score (nSPS) is 9.92. The fraction of sp³-hybridized carbons (Fsp3) is 0. The average Bonchev–Trinajstić information content (AvgIpc) is 2.44. The van der Waals surface area contributed by atoms with Crippen LogP contribution in [0, 0.1) is 6.57 Å². The first-order valence-corrected chi connectivity index (χ1v) is 3.41. The van der Waals surface area contributed by atoms with E-state index in [1.165, 1.54) is 0 Å². The molecule has 3 heteroatoms. The van der Waals surface area contributed by atoms with Crippen molar-refractivity contribution < 1.29 is 9.52 Å². The van der Waals surface area contributed by atoms with Crippen molar-refractivity contribution in [2.45, 2.75) is 0 Å². The highest BCUT2D eigenvalue weighted by Crippen LogP contribution is 2.36. The molecular weight excluding hydrogens is 154 g/mol. The van der Waals surface area contributed by atoms with Gasteiger partial charge in [0.2, 0.25) is 0 Å². The standard InChI is InChI=1S/C9H5NO2/c1-10-8-6-4-2-3-5-7(6)9(11)12-8/h2-5,11H. The van der Waals surface area contributed by atoms with Gasteiger partial charge in [0.05, 0.1) is 12.0 Å². The van der Waals surface area contributed by atoms with Crippen molar-refractivity contribution in [2.24, 2.45) is 0 Å². The summed E-state index contributed by atoms with van der Waals surface area (Å²) in [4.78, 5) is 3.14. The minimum atomic E-state index is -0.184. The zero-order valence-electron chi connectivity index (χ0n) is 6.11. The zero-order valence-corrected chi connectivity index (χ0v) is 6.11. The molecule has 58 valence electrons. The second-order valence-corrected chi connectivity index (χ2v) is 2.37. The predicted molar refractivity (Wildman–Crippen MR) is 44.1 cm³/mol. The van der Waals surface area contributed by atoms with Crippen LogP contribution in [0.1, 0.15) is 0 Å². The van der Waals surface area contributed by atoms with Gasteiger partial charge >= 0.3 is 5.88 Å². The Kier molecular flexibility index (Phi) is 1.28. The number of furan rings is 1. The Labute approximate surface area is 68.7 Å². The lowest BCUT2D eigenvalue weighted by Gasteiger charge is -1.84. The third-order valence-electron chi connectivity index (χ3n) is 1.68. The largest absolute Gasteiger partial charge is 0.481 e. The van der Waals surface area contributed by atoms with Gasteiger partial charge in [-0.05, 0) is 6.07 Å². The van der Waals surface area contributed by atoms with Crippen LogP contribution in [0.5, 0.6) is 5.95 Å². The third kappa shape index (κ3) is 0.753. The van der Waals surface area contributed by atoms with Gasteiger partial charge in [0.15, 0.2) is 0 Å². The molecule has 0 spiro atoms. The number of aromatic hydroxyl groups is 1. The summed E-state index contributed by atoms with van der Waals surface area (Å²) in [6.45, 7) is 6.76. The summed E-state index contributed by atoms with van der Waals surface area (Å²) < 4.78 is 4.82. The molecule has 0 radical (unpaired) electrons. The summed E-state index contributed by atoms with van der Waals surface area (Å²) in [6, 6.07) is 7.03. The average molecular weight is 159 g/mol. The molecule has 0 fully saturated rings. The van der Waals surface area contributed by atoms with Crippen LogP contribution in [0.3, 0.4) is 0 Å². The predicted octanol–water partition coefficient (Wildman–Crippen LogP) is 2.69. The van der Waals surface area contributed by atoms with Gasteiger partial charge in [-0.1, -0.05) is 18.2 Å². The van der Waals surface area contributed by atoms with Crippen LogP contribution in [0.15, 0.2) is 28.7 Å². The number of hydrogen-bond acceptors (Lipinski definition) is 2. The number of rotatable bonds is 0. The smallest absolute Gasteiger partial charge is 0.356 e. The highest BCUT2D eigenvalue weighted by atomic mass is 16.5. The molecule has 0 unspecified atom stereocenters. The number of nitrogens with zero attached hydrogens (tertiary/aromatic N) is 1. The van der Waals surface area contributed by atoms with Crippen LogP contribution in [0.2, 0.25) is 0 Å². The van der Waals surface area contributed by atoms with E-state index in [-0.39, 0.29) is 11.8 Å². The summed E-state index contributed by atoms with van der Waals surface area (Å²) in [5, 5.41) is 10.5. The molecule has 0 aliphatic carbocycles. The van der Waals surface area contributed by atoms with Gasteiger partial charge in [-0.15, -0.1) is 0 Å². The first kappa shape index (κ1) is 6.74. The quantitative estimate of drug-likeness (QED) is 0.600. The Morgan fingerprint density at radius 3 is 2.58 bits per heavy atom. The van der Waals surface area contributed by atoms with Gasteiger partial charge in [0.1, 0.15) is 0 Å². The first-order valence-electron chi connectivity index (χ1n) is 3.41. The van der Waals surface area contributed by atoms with Crippen LogP contribution in [-0.4, -0.2) is 5.11 Å². The van der Waals surface area contributed by atoms with Crippen LogP contribution in [-0.2, 0) is 0 Å². The second kappa shape index (κ2) is 2.28. The van der Waals surface area contributed by atoms with E-state index in [2.05, 4.69) is 4.85 Å². The Morgan fingerprint density at radius 2 is 1.92 bits per heavy atom. The molecule has 1 aromatic heterocycles. The summed E-state index contributed by atoms with van der Waals surface area (Å²) in [5.41, 5.74) is 0. The van der Waals surface area contributed by atoms with Crippen LogP contribution >= 0.6 is 0 Å².